The number of pyridine rings is 1. The van der Waals surface area contributed by atoms with Gasteiger partial charge in [0.2, 0.25) is 0 Å². The number of aryl methyl sites for hydroxylation is 2. The molecule has 8 nitrogen and oxygen atoms in total. The monoisotopic (exact) mass is 434 g/mol. The lowest BCUT2D eigenvalue weighted by Crippen LogP contribution is -2.59. The summed E-state index contributed by atoms with van der Waals surface area (Å²) in [5, 5.41) is 0. The van der Waals surface area contributed by atoms with E-state index >= 15 is 0 Å². The van der Waals surface area contributed by atoms with Crippen molar-refractivity contribution < 1.29 is 13.9 Å². The van der Waals surface area contributed by atoms with Crippen molar-refractivity contribution in [2.75, 3.05) is 6.54 Å². The summed E-state index contributed by atoms with van der Waals surface area (Å²) < 4.78 is 20.2. The van der Waals surface area contributed by atoms with E-state index in [-0.39, 0.29) is 29.9 Å². The molecule has 0 radical (unpaired) electrons. The van der Waals surface area contributed by atoms with Gasteiger partial charge in [-0.2, -0.15) is 4.39 Å². The number of hydrogen-bond donors (Lipinski definition) is 0. The molecule has 0 aromatic carbocycles. The fourth-order valence-corrected chi connectivity index (χ4v) is 4.63. The van der Waals surface area contributed by atoms with E-state index in [1.165, 1.54) is 6.20 Å². The van der Waals surface area contributed by atoms with Gasteiger partial charge in [-0.15, -0.1) is 0 Å². The summed E-state index contributed by atoms with van der Waals surface area (Å²) in [6, 6.07) is 5.21. The summed E-state index contributed by atoms with van der Waals surface area (Å²) in [5.41, 5.74) is 2.14. The summed E-state index contributed by atoms with van der Waals surface area (Å²) in [4.78, 5) is 36.5. The van der Waals surface area contributed by atoms with Crippen LogP contribution in [0.4, 0.5) is 4.39 Å². The highest BCUT2D eigenvalue weighted by Crippen LogP contribution is 2.38. The Kier molecular flexibility index (Phi) is 5.24. The van der Waals surface area contributed by atoms with Crippen molar-refractivity contribution in [3.8, 4) is 17.3 Å². The molecule has 3 fully saturated rings. The zero-order valence-electron chi connectivity index (χ0n) is 17.9. The third-order valence-corrected chi connectivity index (χ3v) is 6.11. The van der Waals surface area contributed by atoms with Crippen LogP contribution in [-0.4, -0.2) is 54.4 Å². The van der Waals surface area contributed by atoms with Gasteiger partial charge in [0, 0.05) is 24.6 Å². The number of hydrogen-bond acceptors (Lipinski definition) is 7. The smallest absolute Gasteiger partial charge is 0.275 e. The average molecular weight is 434 g/mol. The Hall–Kier alpha value is -3.49. The number of ether oxygens (including phenoxy) is 1. The number of amides is 1. The molecule has 164 valence electrons. The molecule has 2 aliphatic heterocycles. The van der Waals surface area contributed by atoms with E-state index in [4.69, 9.17) is 4.74 Å². The Bertz CT molecular complexity index is 1160. The molecule has 3 unspecified atom stereocenters. The van der Waals surface area contributed by atoms with Crippen LogP contribution in [0.1, 0.15) is 41.1 Å². The Morgan fingerprint density at radius 3 is 2.66 bits per heavy atom. The zero-order chi connectivity index (χ0) is 22.2. The molecule has 1 saturated carbocycles. The van der Waals surface area contributed by atoms with E-state index < -0.39 is 5.95 Å². The number of halogens is 1. The lowest BCUT2D eigenvalue weighted by Gasteiger charge is -2.49. The van der Waals surface area contributed by atoms with Gasteiger partial charge >= 0.3 is 0 Å². The maximum absolute atomic E-state index is 14.3. The van der Waals surface area contributed by atoms with Crippen molar-refractivity contribution in [2.45, 2.75) is 45.3 Å². The number of nitrogens with zero attached hydrogens (tertiary/aromatic N) is 6. The first-order valence-electron chi connectivity index (χ1n) is 10.7. The fourth-order valence-electron chi connectivity index (χ4n) is 4.63. The van der Waals surface area contributed by atoms with Crippen molar-refractivity contribution in [3.05, 3.63) is 59.8 Å². The molecule has 9 heteroatoms. The van der Waals surface area contributed by atoms with Crippen LogP contribution in [0, 0.1) is 25.7 Å². The number of piperidine rings is 2. The Balaban J connectivity index is 1.45. The van der Waals surface area contributed by atoms with E-state index in [1.807, 2.05) is 24.0 Å². The predicted octanol–water partition coefficient (Wildman–Crippen LogP) is 3.16. The van der Waals surface area contributed by atoms with Crippen LogP contribution in [0.5, 0.6) is 5.88 Å². The van der Waals surface area contributed by atoms with Gasteiger partial charge in [0.05, 0.1) is 23.5 Å². The van der Waals surface area contributed by atoms with Crippen LogP contribution in [0.3, 0.4) is 0 Å². The largest absolute Gasteiger partial charge is 0.469 e. The molecular formula is C23H23FN6O2. The number of carbonyl (C=O) groups is 1. The normalized spacial score (nSPS) is 22.1. The fraction of sp³-hybridized carbons (Fsp3) is 0.391. The SMILES string of the molecule is Cc1cnc(OC2CC3CCC2N(C(=O)c2nc(C)ccc2-c2ncccn2)C3)c(F)n1. The molecule has 0 N–H and O–H groups in total. The van der Waals surface area contributed by atoms with Gasteiger partial charge in [-0.25, -0.2) is 24.9 Å². The third kappa shape index (κ3) is 3.79. The minimum Gasteiger partial charge on any atom is -0.469 e. The lowest BCUT2D eigenvalue weighted by atomic mass is 9.77. The quantitative estimate of drug-likeness (QED) is 0.623. The highest BCUT2D eigenvalue weighted by molar-refractivity contribution is 5.98. The molecule has 1 aliphatic carbocycles. The molecule has 6 rings (SSSR count). The molecule has 32 heavy (non-hydrogen) atoms. The highest BCUT2D eigenvalue weighted by Gasteiger charge is 2.45. The highest BCUT2D eigenvalue weighted by atomic mass is 19.1. The van der Waals surface area contributed by atoms with Crippen LogP contribution in [0.2, 0.25) is 0 Å². The minimum absolute atomic E-state index is 0.118. The first kappa shape index (κ1) is 20.4. The molecule has 3 aliphatic rings. The molecule has 2 saturated heterocycles. The third-order valence-electron chi connectivity index (χ3n) is 6.11. The number of carbonyl (C=O) groups excluding carboxylic acids is 1. The molecule has 3 atom stereocenters. The number of fused-ring (bicyclic) bond motifs is 3. The van der Waals surface area contributed by atoms with Gasteiger partial charge in [0.15, 0.2) is 5.82 Å². The molecule has 3 aromatic rings. The number of aromatic nitrogens is 5. The maximum Gasteiger partial charge on any atom is 0.275 e. The summed E-state index contributed by atoms with van der Waals surface area (Å²) in [6.07, 6.45) is 6.95. The maximum atomic E-state index is 14.3. The Morgan fingerprint density at radius 1 is 1.09 bits per heavy atom. The molecule has 5 heterocycles. The molecule has 2 bridgehead atoms. The van der Waals surface area contributed by atoms with Gasteiger partial charge in [-0.05, 0) is 57.2 Å². The van der Waals surface area contributed by atoms with E-state index in [0.29, 0.717) is 29.3 Å². The van der Waals surface area contributed by atoms with E-state index in [2.05, 4.69) is 24.9 Å². The Morgan fingerprint density at radius 2 is 1.91 bits per heavy atom. The van der Waals surface area contributed by atoms with Gasteiger partial charge < -0.3 is 9.64 Å². The van der Waals surface area contributed by atoms with E-state index in [0.717, 1.165) is 25.0 Å². The van der Waals surface area contributed by atoms with E-state index in [1.54, 1.807) is 25.4 Å². The summed E-state index contributed by atoms with van der Waals surface area (Å²) in [6.45, 7) is 4.14. The van der Waals surface area contributed by atoms with Crippen LogP contribution < -0.4 is 4.74 Å². The summed E-state index contributed by atoms with van der Waals surface area (Å²) in [5.74, 6) is -0.303. The van der Waals surface area contributed by atoms with Gasteiger partial charge in [-0.3, -0.25) is 4.79 Å². The minimum atomic E-state index is -0.729. The first-order chi connectivity index (χ1) is 15.5. The summed E-state index contributed by atoms with van der Waals surface area (Å²) >= 11 is 0. The predicted molar refractivity (Wildman–Crippen MR) is 113 cm³/mol. The topological polar surface area (TPSA) is 94.0 Å². The van der Waals surface area contributed by atoms with Gasteiger partial charge in [-0.1, -0.05) is 0 Å². The molecule has 1 amide bonds. The number of rotatable bonds is 4. The second-order valence-electron chi connectivity index (χ2n) is 8.39. The molecule has 3 aromatic heterocycles. The van der Waals surface area contributed by atoms with Crippen LogP contribution >= 0.6 is 0 Å². The average Bonchev–Trinajstić information content (AvgIpc) is 2.81. The lowest BCUT2D eigenvalue weighted by molar-refractivity contribution is -0.0331. The van der Waals surface area contributed by atoms with Crippen molar-refractivity contribution in [2.24, 2.45) is 5.92 Å². The molecular weight excluding hydrogens is 411 g/mol. The Labute approximate surface area is 184 Å². The van der Waals surface area contributed by atoms with Gasteiger partial charge in [0.25, 0.3) is 17.7 Å². The standard InChI is InChI=1S/C23H23FN6O2/c1-13-4-6-16(21-25-8-3-9-26-21)19(28-13)23(31)30-12-15-5-7-17(30)18(10-15)32-22-20(24)29-14(2)11-27-22/h3-4,6,8-9,11,15,17-18H,5,7,10,12H2,1-2H3. The van der Waals surface area contributed by atoms with Gasteiger partial charge in [0.1, 0.15) is 11.8 Å². The van der Waals surface area contributed by atoms with Crippen molar-refractivity contribution in [3.63, 3.8) is 0 Å². The zero-order valence-corrected chi connectivity index (χ0v) is 17.9. The summed E-state index contributed by atoms with van der Waals surface area (Å²) in [7, 11) is 0. The van der Waals surface area contributed by atoms with Crippen molar-refractivity contribution >= 4 is 5.91 Å². The molecule has 0 spiro atoms. The van der Waals surface area contributed by atoms with Crippen molar-refractivity contribution in [1.82, 2.24) is 29.8 Å². The first-order valence-corrected chi connectivity index (χ1v) is 10.7. The van der Waals surface area contributed by atoms with Crippen LogP contribution in [-0.2, 0) is 0 Å². The van der Waals surface area contributed by atoms with Crippen LogP contribution in [0.25, 0.3) is 11.4 Å². The van der Waals surface area contributed by atoms with Crippen molar-refractivity contribution in [1.29, 1.82) is 0 Å². The second kappa shape index (κ2) is 8.22. The second-order valence-corrected chi connectivity index (χ2v) is 8.39. The van der Waals surface area contributed by atoms with Crippen LogP contribution in [0.15, 0.2) is 36.8 Å². The van der Waals surface area contributed by atoms with E-state index in [9.17, 15) is 9.18 Å².